The third-order valence-electron chi connectivity index (χ3n) is 2.76. The lowest BCUT2D eigenvalue weighted by atomic mass is 10.1. The van der Waals surface area contributed by atoms with Crippen LogP contribution in [0.4, 0.5) is 5.69 Å². The van der Waals surface area contributed by atoms with Crippen molar-refractivity contribution in [3.8, 4) is 6.07 Å². The number of tetrazole rings is 1. The molecule has 0 spiro atoms. The fourth-order valence-electron chi connectivity index (χ4n) is 1.76. The van der Waals surface area contributed by atoms with Gasteiger partial charge in [-0.15, -0.1) is 10.2 Å². The van der Waals surface area contributed by atoms with Gasteiger partial charge in [0.2, 0.25) is 5.82 Å². The Morgan fingerprint density at radius 3 is 2.95 bits per heavy atom. The van der Waals surface area contributed by atoms with Gasteiger partial charge in [0.15, 0.2) is 0 Å². The standard InChI is InChI=1S/C11H9N9/c1-6-2-3-8-10(15-18-14-8)9(6)13-5-7(4-12)11-16-19-20-17-11/h2-3,5,13H,1H3,(H,14,15,18)(H,16,17,19,20). The molecule has 0 fully saturated rings. The first-order chi connectivity index (χ1) is 9.79. The van der Waals surface area contributed by atoms with E-state index in [0.717, 1.165) is 16.8 Å². The van der Waals surface area contributed by atoms with Crippen LogP contribution in [0.1, 0.15) is 11.4 Å². The SMILES string of the molecule is Cc1ccc2n[nH]nc2c1NC=C(C#N)c1nn[nH]n1. The molecule has 0 aliphatic heterocycles. The monoisotopic (exact) mass is 267 g/mol. The van der Waals surface area contributed by atoms with E-state index in [0.29, 0.717) is 5.52 Å². The molecule has 0 bridgehead atoms. The summed E-state index contributed by atoms with van der Waals surface area (Å²) in [5, 5.41) is 36.1. The number of allylic oxidation sites excluding steroid dienone is 1. The lowest BCUT2D eigenvalue weighted by Crippen LogP contribution is -1.96. The zero-order valence-corrected chi connectivity index (χ0v) is 10.4. The van der Waals surface area contributed by atoms with Gasteiger partial charge in [-0.3, -0.25) is 0 Å². The van der Waals surface area contributed by atoms with E-state index in [4.69, 9.17) is 5.26 Å². The highest BCUT2D eigenvalue weighted by Gasteiger charge is 2.09. The summed E-state index contributed by atoms with van der Waals surface area (Å²) in [7, 11) is 0. The summed E-state index contributed by atoms with van der Waals surface area (Å²) in [4.78, 5) is 0. The highest BCUT2D eigenvalue weighted by molar-refractivity contribution is 5.90. The van der Waals surface area contributed by atoms with E-state index in [1.807, 2.05) is 25.1 Å². The summed E-state index contributed by atoms with van der Waals surface area (Å²) in [5.41, 5.74) is 3.45. The van der Waals surface area contributed by atoms with Crippen molar-refractivity contribution in [1.82, 2.24) is 36.0 Å². The number of benzene rings is 1. The Balaban J connectivity index is 1.99. The molecule has 9 nitrogen and oxygen atoms in total. The maximum atomic E-state index is 9.10. The van der Waals surface area contributed by atoms with E-state index in [-0.39, 0.29) is 11.4 Å². The second-order valence-electron chi connectivity index (χ2n) is 4.00. The van der Waals surface area contributed by atoms with Crippen LogP contribution < -0.4 is 5.32 Å². The van der Waals surface area contributed by atoms with E-state index in [1.165, 1.54) is 6.20 Å². The van der Waals surface area contributed by atoms with Crippen molar-refractivity contribution < 1.29 is 0 Å². The molecule has 0 atom stereocenters. The summed E-state index contributed by atoms with van der Waals surface area (Å²) in [6.45, 7) is 1.94. The molecule has 2 aromatic heterocycles. The van der Waals surface area contributed by atoms with E-state index in [1.54, 1.807) is 0 Å². The van der Waals surface area contributed by atoms with E-state index in [2.05, 4.69) is 41.4 Å². The maximum Gasteiger partial charge on any atom is 0.216 e. The minimum atomic E-state index is 0.227. The highest BCUT2D eigenvalue weighted by Crippen LogP contribution is 2.24. The van der Waals surface area contributed by atoms with Gasteiger partial charge >= 0.3 is 0 Å². The van der Waals surface area contributed by atoms with E-state index in [9.17, 15) is 0 Å². The number of aromatic amines is 2. The second kappa shape index (κ2) is 4.77. The summed E-state index contributed by atoms with van der Waals surface area (Å²) in [6, 6.07) is 5.79. The van der Waals surface area contributed by atoms with Crippen LogP contribution in [0.5, 0.6) is 0 Å². The molecule has 1 aromatic carbocycles. The molecule has 2 heterocycles. The molecule has 0 unspecified atom stereocenters. The van der Waals surface area contributed by atoms with Crippen LogP contribution in [-0.2, 0) is 0 Å². The first-order valence-electron chi connectivity index (χ1n) is 5.70. The average molecular weight is 267 g/mol. The minimum Gasteiger partial charge on any atom is -0.358 e. The minimum absolute atomic E-state index is 0.227. The normalized spacial score (nSPS) is 11.5. The topological polar surface area (TPSA) is 132 Å². The lowest BCUT2D eigenvalue weighted by molar-refractivity contribution is 0.881. The number of nitriles is 1. The highest BCUT2D eigenvalue weighted by atomic mass is 15.5. The Kier molecular flexibility index (Phi) is 2.81. The maximum absolute atomic E-state index is 9.10. The van der Waals surface area contributed by atoms with Crippen molar-refractivity contribution in [3.05, 3.63) is 29.7 Å². The molecule has 0 saturated carbocycles. The molecule has 3 rings (SSSR count). The predicted octanol–water partition coefficient (Wildman–Crippen LogP) is 0.756. The molecule has 0 amide bonds. The third kappa shape index (κ3) is 1.95. The number of H-pyrrole nitrogens is 2. The number of nitrogens with one attached hydrogen (secondary N) is 3. The van der Waals surface area contributed by atoms with Gasteiger partial charge in [0.05, 0.1) is 5.69 Å². The van der Waals surface area contributed by atoms with Crippen LogP contribution in [0.2, 0.25) is 0 Å². The van der Waals surface area contributed by atoms with Crippen LogP contribution in [0.15, 0.2) is 18.3 Å². The number of fused-ring (bicyclic) bond motifs is 1. The van der Waals surface area contributed by atoms with Crippen molar-refractivity contribution in [2.75, 3.05) is 5.32 Å². The van der Waals surface area contributed by atoms with Crippen LogP contribution in [0.25, 0.3) is 16.6 Å². The van der Waals surface area contributed by atoms with Gasteiger partial charge in [0, 0.05) is 6.20 Å². The van der Waals surface area contributed by atoms with Crippen molar-refractivity contribution >= 4 is 22.3 Å². The number of hydrogen-bond donors (Lipinski definition) is 3. The summed E-state index contributed by atoms with van der Waals surface area (Å²) < 4.78 is 0. The van der Waals surface area contributed by atoms with E-state index < -0.39 is 0 Å². The largest absolute Gasteiger partial charge is 0.358 e. The van der Waals surface area contributed by atoms with Gasteiger partial charge in [-0.05, 0) is 23.8 Å². The van der Waals surface area contributed by atoms with Gasteiger partial charge in [0.25, 0.3) is 0 Å². The zero-order chi connectivity index (χ0) is 13.9. The molecule has 3 N–H and O–H groups in total. The van der Waals surface area contributed by atoms with Gasteiger partial charge in [-0.25, -0.2) is 0 Å². The van der Waals surface area contributed by atoms with Crippen LogP contribution in [-0.4, -0.2) is 36.0 Å². The number of rotatable bonds is 3. The molecule has 20 heavy (non-hydrogen) atoms. The molecular weight excluding hydrogens is 258 g/mol. The van der Waals surface area contributed by atoms with Crippen molar-refractivity contribution in [1.29, 1.82) is 5.26 Å². The Labute approximate surface area is 112 Å². The molecule has 98 valence electrons. The first kappa shape index (κ1) is 11.8. The Bertz CT molecular complexity index is 806. The lowest BCUT2D eigenvalue weighted by Gasteiger charge is -2.05. The second-order valence-corrected chi connectivity index (χ2v) is 4.00. The zero-order valence-electron chi connectivity index (χ0n) is 10.4. The molecular formula is C11H9N9. The van der Waals surface area contributed by atoms with Crippen LogP contribution in [0, 0.1) is 18.3 Å². The molecule has 0 aliphatic rings. The van der Waals surface area contributed by atoms with E-state index >= 15 is 0 Å². The van der Waals surface area contributed by atoms with Gasteiger partial charge in [-0.1, -0.05) is 6.07 Å². The summed E-state index contributed by atoms with van der Waals surface area (Å²) in [6.07, 6.45) is 1.52. The van der Waals surface area contributed by atoms with Crippen LogP contribution in [0.3, 0.4) is 0 Å². The number of anilines is 1. The Morgan fingerprint density at radius 2 is 2.20 bits per heavy atom. The average Bonchev–Trinajstić information content (AvgIpc) is 3.12. The van der Waals surface area contributed by atoms with Crippen LogP contribution >= 0.6 is 0 Å². The number of aryl methyl sites for hydroxylation is 1. The molecule has 3 aromatic rings. The molecule has 9 heteroatoms. The fraction of sp³-hybridized carbons (Fsp3) is 0.0909. The quantitative estimate of drug-likeness (QED) is 0.596. The molecule has 0 saturated heterocycles. The van der Waals surface area contributed by atoms with Crippen molar-refractivity contribution in [3.63, 3.8) is 0 Å². The number of aromatic nitrogens is 7. The van der Waals surface area contributed by atoms with Crippen molar-refractivity contribution in [2.45, 2.75) is 6.92 Å². The number of hydrogen-bond acceptors (Lipinski definition) is 7. The van der Waals surface area contributed by atoms with Crippen molar-refractivity contribution in [2.24, 2.45) is 0 Å². The van der Waals surface area contributed by atoms with Gasteiger partial charge in [0.1, 0.15) is 22.7 Å². The molecule has 0 radical (unpaired) electrons. The Hall–Kier alpha value is -3.28. The summed E-state index contributed by atoms with van der Waals surface area (Å²) in [5.74, 6) is 0.227. The predicted molar refractivity (Wildman–Crippen MR) is 70.0 cm³/mol. The fourth-order valence-corrected chi connectivity index (χ4v) is 1.76. The van der Waals surface area contributed by atoms with Gasteiger partial charge in [-0.2, -0.15) is 25.9 Å². The van der Waals surface area contributed by atoms with Gasteiger partial charge < -0.3 is 5.32 Å². The third-order valence-corrected chi connectivity index (χ3v) is 2.76. The number of nitrogens with zero attached hydrogens (tertiary/aromatic N) is 6. The Morgan fingerprint density at radius 1 is 1.30 bits per heavy atom. The molecule has 0 aliphatic carbocycles. The smallest absolute Gasteiger partial charge is 0.216 e. The summed E-state index contributed by atoms with van der Waals surface area (Å²) >= 11 is 0. The first-order valence-corrected chi connectivity index (χ1v) is 5.70.